The fourth-order valence-electron chi connectivity index (χ4n) is 1.85. The van der Waals surface area contributed by atoms with Crippen molar-refractivity contribution in [2.45, 2.75) is 18.9 Å². The summed E-state index contributed by atoms with van der Waals surface area (Å²) in [5.74, 6) is 0.945. The number of carbonyl (C=O) groups excluding carboxylic acids is 1. The maximum atomic E-state index is 11.1. The SMILES string of the molecule is COc1cc(Br)cc(NCC2CCC(=O)N2)c1. The number of hydrogen-bond donors (Lipinski definition) is 2. The summed E-state index contributed by atoms with van der Waals surface area (Å²) < 4.78 is 6.15. The lowest BCUT2D eigenvalue weighted by molar-refractivity contribution is -0.119. The van der Waals surface area contributed by atoms with Crippen molar-refractivity contribution in [1.82, 2.24) is 5.32 Å². The van der Waals surface area contributed by atoms with Crippen LogP contribution in [-0.2, 0) is 4.79 Å². The van der Waals surface area contributed by atoms with Gasteiger partial charge in [-0.05, 0) is 18.6 Å². The molecular formula is C12H15BrN2O2. The molecule has 0 radical (unpaired) electrons. The molecule has 0 saturated carbocycles. The van der Waals surface area contributed by atoms with E-state index >= 15 is 0 Å². The van der Waals surface area contributed by atoms with Crippen molar-refractivity contribution in [3.63, 3.8) is 0 Å². The molecule has 1 aromatic carbocycles. The van der Waals surface area contributed by atoms with Gasteiger partial charge in [0.2, 0.25) is 5.91 Å². The van der Waals surface area contributed by atoms with Gasteiger partial charge in [-0.15, -0.1) is 0 Å². The third-order valence-corrected chi connectivity index (χ3v) is 3.20. The topological polar surface area (TPSA) is 50.4 Å². The van der Waals surface area contributed by atoms with Gasteiger partial charge in [0, 0.05) is 35.2 Å². The van der Waals surface area contributed by atoms with Crippen molar-refractivity contribution in [1.29, 1.82) is 0 Å². The number of methoxy groups -OCH3 is 1. The Morgan fingerprint density at radius 1 is 1.53 bits per heavy atom. The Kier molecular flexibility index (Phi) is 3.89. The minimum atomic E-state index is 0.142. The van der Waals surface area contributed by atoms with Gasteiger partial charge in [-0.2, -0.15) is 0 Å². The largest absolute Gasteiger partial charge is 0.497 e. The van der Waals surface area contributed by atoms with Crippen LogP contribution in [0.1, 0.15) is 12.8 Å². The summed E-state index contributed by atoms with van der Waals surface area (Å²) in [4.78, 5) is 11.1. The fraction of sp³-hybridized carbons (Fsp3) is 0.417. The van der Waals surface area contributed by atoms with Gasteiger partial charge in [0.1, 0.15) is 5.75 Å². The Morgan fingerprint density at radius 3 is 3.00 bits per heavy atom. The Labute approximate surface area is 109 Å². The van der Waals surface area contributed by atoms with Gasteiger partial charge in [0.15, 0.2) is 0 Å². The molecule has 92 valence electrons. The molecule has 1 aromatic rings. The summed E-state index contributed by atoms with van der Waals surface area (Å²) in [6, 6.07) is 6.05. The van der Waals surface area contributed by atoms with E-state index in [0.29, 0.717) is 6.42 Å². The lowest BCUT2D eigenvalue weighted by atomic mass is 10.2. The first-order valence-electron chi connectivity index (χ1n) is 5.55. The molecule has 0 bridgehead atoms. The van der Waals surface area contributed by atoms with E-state index < -0.39 is 0 Å². The highest BCUT2D eigenvalue weighted by Crippen LogP contribution is 2.24. The third-order valence-electron chi connectivity index (χ3n) is 2.74. The highest BCUT2D eigenvalue weighted by Gasteiger charge is 2.20. The molecule has 1 amide bonds. The Morgan fingerprint density at radius 2 is 2.35 bits per heavy atom. The Balaban J connectivity index is 1.94. The van der Waals surface area contributed by atoms with Crippen LogP contribution in [-0.4, -0.2) is 25.6 Å². The number of carbonyl (C=O) groups is 1. The molecule has 4 nitrogen and oxygen atoms in total. The lowest BCUT2D eigenvalue weighted by Gasteiger charge is -2.13. The molecule has 2 N–H and O–H groups in total. The van der Waals surface area contributed by atoms with Gasteiger partial charge < -0.3 is 15.4 Å². The standard InChI is InChI=1S/C12H15BrN2O2/c1-17-11-5-8(13)4-10(6-11)14-7-9-2-3-12(16)15-9/h4-6,9,14H,2-3,7H2,1H3,(H,15,16). The van der Waals surface area contributed by atoms with E-state index in [4.69, 9.17) is 4.74 Å². The van der Waals surface area contributed by atoms with Crippen LogP contribution in [0.3, 0.4) is 0 Å². The average molecular weight is 299 g/mol. The normalized spacial score (nSPS) is 18.9. The van der Waals surface area contributed by atoms with Crippen molar-refractivity contribution in [2.24, 2.45) is 0 Å². The minimum absolute atomic E-state index is 0.142. The van der Waals surface area contributed by atoms with Gasteiger partial charge in [0.05, 0.1) is 7.11 Å². The molecule has 1 heterocycles. The Hall–Kier alpha value is -1.23. The molecule has 5 heteroatoms. The monoisotopic (exact) mass is 298 g/mol. The number of amides is 1. The van der Waals surface area contributed by atoms with Crippen LogP contribution >= 0.6 is 15.9 Å². The second kappa shape index (κ2) is 5.40. The van der Waals surface area contributed by atoms with E-state index in [9.17, 15) is 4.79 Å². The molecule has 1 atom stereocenters. The number of hydrogen-bond acceptors (Lipinski definition) is 3. The van der Waals surface area contributed by atoms with Crippen LogP contribution in [0.4, 0.5) is 5.69 Å². The predicted molar refractivity (Wildman–Crippen MR) is 70.3 cm³/mol. The molecule has 1 fully saturated rings. The zero-order chi connectivity index (χ0) is 12.3. The van der Waals surface area contributed by atoms with Crippen molar-refractivity contribution in [3.05, 3.63) is 22.7 Å². The number of nitrogens with one attached hydrogen (secondary N) is 2. The highest BCUT2D eigenvalue weighted by molar-refractivity contribution is 9.10. The number of anilines is 1. The van der Waals surface area contributed by atoms with Crippen molar-refractivity contribution < 1.29 is 9.53 Å². The molecule has 1 unspecified atom stereocenters. The molecule has 1 aliphatic heterocycles. The van der Waals surface area contributed by atoms with E-state index in [-0.39, 0.29) is 11.9 Å². The second-order valence-corrected chi connectivity index (χ2v) is 4.98. The van der Waals surface area contributed by atoms with Crippen molar-refractivity contribution in [3.8, 4) is 5.75 Å². The Bertz CT molecular complexity index is 423. The van der Waals surface area contributed by atoms with Crippen LogP contribution in [0.5, 0.6) is 5.75 Å². The fourth-order valence-corrected chi connectivity index (χ4v) is 2.33. The zero-order valence-corrected chi connectivity index (χ0v) is 11.2. The lowest BCUT2D eigenvalue weighted by Crippen LogP contribution is -2.31. The first kappa shape index (κ1) is 12.2. The van der Waals surface area contributed by atoms with Crippen LogP contribution in [0.2, 0.25) is 0 Å². The van der Waals surface area contributed by atoms with Crippen molar-refractivity contribution in [2.75, 3.05) is 19.0 Å². The number of benzene rings is 1. The molecule has 2 rings (SSSR count). The number of rotatable bonds is 4. The average Bonchev–Trinajstić information content (AvgIpc) is 2.72. The number of ether oxygens (including phenoxy) is 1. The quantitative estimate of drug-likeness (QED) is 0.895. The van der Waals surface area contributed by atoms with E-state index in [0.717, 1.165) is 28.9 Å². The molecule has 17 heavy (non-hydrogen) atoms. The smallest absolute Gasteiger partial charge is 0.220 e. The van der Waals surface area contributed by atoms with Gasteiger partial charge in [-0.3, -0.25) is 4.79 Å². The minimum Gasteiger partial charge on any atom is -0.497 e. The summed E-state index contributed by atoms with van der Waals surface area (Å²) in [6.45, 7) is 0.741. The maximum absolute atomic E-state index is 11.1. The first-order valence-corrected chi connectivity index (χ1v) is 6.34. The molecule has 0 aromatic heterocycles. The van der Waals surface area contributed by atoms with E-state index in [1.165, 1.54) is 0 Å². The summed E-state index contributed by atoms with van der Waals surface area (Å²) in [5, 5.41) is 6.22. The van der Waals surface area contributed by atoms with Crippen LogP contribution in [0.15, 0.2) is 22.7 Å². The van der Waals surface area contributed by atoms with Crippen LogP contribution in [0, 0.1) is 0 Å². The highest BCUT2D eigenvalue weighted by atomic mass is 79.9. The van der Waals surface area contributed by atoms with E-state index in [2.05, 4.69) is 26.6 Å². The third kappa shape index (κ3) is 3.36. The molecule has 0 spiro atoms. The first-order chi connectivity index (χ1) is 8.17. The van der Waals surface area contributed by atoms with E-state index in [1.54, 1.807) is 7.11 Å². The summed E-state index contributed by atoms with van der Waals surface area (Å²) in [7, 11) is 1.64. The number of halogens is 1. The predicted octanol–water partition coefficient (Wildman–Crippen LogP) is 2.15. The van der Waals surface area contributed by atoms with Gasteiger partial charge >= 0.3 is 0 Å². The molecule has 0 aliphatic carbocycles. The van der Waals surface area contributed by atoms with Crippen LogP contribution < -0.4 is 15.4 Å². The zero-order valence-electron chi connectivity index (χ0n) is 9.63. The molecule has 1 aliphatic rings. The molecule has 1 saturated heterocycles. The van der Waals surface area contributed by atoms with Gasteiger partial charge in [-0.1, -0.05) is 15.9 Å². The van der Waals surface area contributed by atoms with Crippen LogP contribution in [0.25, 0.3) is 0 Å². The molecular weight excluding hydrogens is 284 g/mol. The second-order valence-electron chi connectivity index (χ2n) is 4.06. The van der Waals surface area contributed by atoms with E-state index in [1.807, 2.05) is 18.2 Å². The summed E-state index contributed by atoms with van der Waals surface area (Å²) in [5.41, 5.74) is 0.984. The summed E-state index contributed by atoms with van der Waals surface area (Å²) in [6.07, 6.45) is 1.53. The van der Waals surface area contributed by atoms with Crippen molar-refractivity contribution >= 4 is 27.5 Å². The van der Waals surface area contributed by atoms with Gasteiger partial charge in [0.25, 0.3) is 0 Å². The maximum Gasteiger partial charge on any atom is 0.220 e. The van der Waals surface area contributed by atoms with Gasteiger partial charge in [-0.25, -0.2) is 0 Å². The summed E-state index contributed by atoms with van der Waals surface area (Å²) >= 11 is 3.43.